The summed E-state index contributed by atoms with van der Waals surface area (Å²) >= 11 is 0. The van der Waals surface area contributed by atoms with E-state index in [9.17, 15) is 10.2 Å². The third-order valence-electron chi connectivity index (χ3n) is 5.49. The Balaban J connectivity index is 0.00000169. The summed E-state index contributed by atoms with van der Waals surface area (Å²) in [6.45, 7) is 5.50. The molecule has 0 saturated heterocycles. The van der Waals surface area contributed by atoms with Gasteiger partial charge in [0.05, 0.1) is 0 Å². The summed E-state index contributed by atoms with van der Waals surface area (Å²) in [4.78, 5) is 2.60. The van der Waals surface area contributed by atoms with Crippen molar-refractivity contribution in [3.63, 3.8) is 0 Å². The van der Waals surface area contributed by atoms with E-state index in [0.717, 1.165) is 42.5 Å². The standard InChI is InChI=1S/C20H23NO2.ClH/c1-3-6-15-13-7-5-8-14-18-12(9-10-17(22)20(18)23)11-16(19(13)14)21(15)4-2;/h5,7-10,15-16,22-23H,3-4,6,11H2,1-2H3;1H. The molecular formula is C20H24ClNO2. The van der Waals surface area contributed by atoms with Crippen molar-refractivity contribution in [1.82, 2.24) is 4.90 Å². The third kappa shape index (κ3) is 2.22. The molecule has 24 heavy (non-hydrogen) atoms. The summed E-state index contributed by atoms with van der Waals surface area (Å²) < 4.78 is 0. The number of benzene rings is 2. The van der Waals surface area contributed by atoms with Crippen LogP contribution in [-0.4, -0.2) is 21.7 Å². The van der Waals surface area contributed by atoms with Crippen molar-refractivity contribution in [2.75, 3.05) is 6.54 Å². The molecule has 4 heteroatoms. The first-order valence-corrected chi connectivity index (χ1v) is 8.60. The van der Waals surface area contributed by atoms with Crippen LogP contribution in [0.3, 0.4) is 0 Å². The van der Waals surface area contributed by atoms with Crippen LogP contribution in [-0.2, 0) is 6.42 Å². The molecule has 1 heterocycles. The first-order chi connectivity index (χ1) is 11.2. The van der Waals surface area contributed by atoms with Gasteiger partial charge < -0.3 is 10.2 Å². The highest BCUT2D eigenvalue weighted by atomic mass is 35.5. The predicted octanol–water partition coefficient (Wildman–Crippen LogP) is 4.96. The van der Waals surface area contributed by atoms with Crippen molar-refractivity contribution in [3.8, 4) is 22.6 Å². The van der Waals surface area contributed by atoms with Gasteiger partial charge in [-0.3, -0.25) is 4.90 Å². The molecule has 0 saturated carbocycles. The number of halogens is 1. The Labute approximate surface area is 149 Å². The molecule has 1 aliphatic carbocycles. The molecule has 2 aromatic rings. The minimum Gasteiger partial charge on any atom is -0.504 e. The number of likely N-dealkylation sites (N-methyl/N-ethyl adjacent to an activating group) is 1. The molecule has 3 nitrogen and oxygen atoms in total. The fourth-order valence-electron chi connectivity index (χ4n) is 4.58. The number of phenolic OH excluding ortho intramolecular Hbond substituents is 2. The summed E-state index contributed by atoms with van der Waals surface area (Å²) in [6, 6.07) is 10.8. The van der Waals surface area contributed by atoms with Gasteiger partial charge in [-0.05, 0) is 47.7 Å². The van der Waals surface area contributed by atoms with E-state index in [4.69, 9.17) is 0 Å². The van der Waals surface area contributed by atoms with Crippen LogP contribution in [0.5, 0.6) is 11.5 Å². The van der Waals surface area contributed by atoms with Crippen LogP contribution in [0.25, 0.3) is 11.1 Å². The summed E-state index contributed by atoms with van der Waals surface area (Å²) in [7, 11) is 0. The normalized spacial score (nSPS) is 21.1. The maximum atomic E-state index is 10.4. The molecule has 2 unspecified atom stereocenters. The maximum absolute atomic E-state index is 10.4. The van der Waals surface area contributed by atoms with Crippen LogP contribution in [0, 0.1) is 0 Å². The van der Waals surface area contributed by atoms with E-state index >= 15 is 0 Å². The molecule has 2 atom stereocenters. The van der Waals surface area contributed by atoms with Crippen molar-refractivity contribution in [2.45, 2.75) is 45.2 Å². The smallest absolute Gasteiger partial charge is 0.165 e. The molecule has 2 aliphatic rings. The number of hydrogen-bond acceptors (Lipinski definition) is 3. The number of fused-ring (bicyclic) bond motifs is 2. The van der Waals surface area contributed by atoms with Gasteiger partial charge in [0.15, 0.2) is 11.5 Å². The summed E-state index contributed by atoms with van der Waals surface area (Å²) in [6.07, 6.45) is 3.23. The molecule has 0 amide bonds. The van der Waals surface area contributed by atoms with Crippen molar-refractivity contribution in [2.24, 2.45) is 0 Å². The summed E-state index contributed by atoms with van der Waals surface area (Å²) in [5.41, 5.74) is 5.82. The van der Waals surface area contributed by atoms with Crippen LogP contribution in [0.2, 0.25) is 0 Å². The topological polar surface area (TPSA) is 43.7 Å². The highest BCUT2D eigenvalue weighted by Gasteiger charge is 2.41. The van der Waals surface area contributed by atoms with E-state index in [2.05, 4.69) is 36.9 Å². The van der Waals surface area contributed by atoms with Gasteiger partial charge in [0.2, 0.25) is 0 Å². The van der Waals surface area contributed by atoms with Gasteiger partial charge in [0.1, 0.15) is 0 Å². The van der Waals surface area contributed by atoms with E-state index in [0.29, 0.717) is 12.1 Å². The number of hydrogen-bond donors (Lipinski definition) is 2. The van der Waals surface area contributed by atoms with Gasteiger partial charge in [-0.2, -0.15) is 0 Å². The number of nitrogens with zero attached hydrogens (tertiary/aromatic N) is 1. The Hall–Kier alpha value is -1.71. The van der Waals surface area contributed by atoms with E-state index in [1.807, 2.05) is 6.07 Å². The zero-order valence-corrected chi connectivity index (χ0v) is 14.9. The second kappa shape index (κ2) is 6.30. The monoisotopic (exact) mass is 345 g/mol. The van der Waals surface area contributed by atoms with Crippen molar-refractivity contribution in [3.05, 3.63) is 47.0 Å². The first-order valence-electron chi connectivity index (χ1n) is 8.60. The number of phenols is 2. The van der Waals surface area contributed by atoms with Crippen molar-refractivity contribution < 1.29 is 10.2 Å². The van der Waals surface area contributed by atoms with Crippen molar-refractivity contribution in [1.29, 1.82) is 0 Å². The SMILES string of the molecule is CCCC1c2cccc3c2C(Cc2ccc(O)c(O)c2-3)N1CC.Cl. The van der Waals surface area contributed by atoms with Crippen LogP contribution >= 0.6 is 12.4 Å². The minimum absolute atomic E-state index is 0. The highest BCUT2D eigenvalue weighted by molar-refractivity contribution is 5.85. The summed E-state index contributed by atoms with van der Waals surface area (Å²) in [5, 5.41) is 20.3. The fourth-order valence-corrected chi connectivity index (χ4v) is 4.58. The molecular weight excluding hydrogens is 322 g/mol. The molecule has 0 bridgehead atoms. The largest absolute Gasteiger partial charge is 0.504 e. The molecule has 0 aromatic heterocycles. The maximum Gasteiger partial charge on any atom is 0.165 e. The number of aromatic hydroxyl groups is 2. The Morgan fingerprint density at radius 2 is 1.92 bits per heavy atom. The quantitative estimate of drug-likeness (QED) is 0.773. The highest BCUT2D eigenvalue weighted by Crippen LogP contribution is 2.55. The average molecular weight is 346 g/mol. The van der Waals surface area contributed by atoms with Gasteiger partial charge in [-0.15, -0.1) is 12.4 Å². The van der Waals surface area contributed by atoms with Crippen LogP contribution in [0.4, 0.5) is 0 Å². The average Bonchev–Trinajstić information content (AvgIpc) is 2.86. The first kappa shape index (κ1) is 17.1. The predicted molar refractivity (Wildman–Crippen MR) is 98.9 cm³/mol. The lowest BCUT2D eigenvalue weighted by atomic mass is 9.81. The second-order valence-electron chi connectivity index (χ2n) is 6.63. The molecule has 2 aromatic carbocycles. The minimum atomic E-state index is -0.0322. The van der Waals surface area contributed by atoms with Gasteiger partial charge >= 0.3 is 0 Å². The second-order valence-corrected chi connectivity index (χ2v) is 6.63. The lowest BCUT2D eigenvalue weighted by Gasteiger charge is -2.32. The lowest BCUT2D eigenvalue weighted by Crippen LogP contribution is -2.28. The molecule has 128 valence electrons. The summed E-state index contributed by atoms with van der Waals surface area (Å²) in [5.74, 6) is -0.00778. The van der Waals surface area contributed by atoms with E-state index in [-0.39, 0.29) is 23.9 Å². The van der Waals surface area contributed by atoms with E-state index in [1.54, 1.807) is 6.07 Å². The van der Waals surface area contributed by atoms with Crippen LogP contribution < -0.4 is 0 Å². The zero-order valence-electron chi connectivity index (χ0n) is 14.1. The van der Waals surface area contributed by atoms with Crippen LogP contribution in [0.1, 0.15) is 55.5 Å². The fraction of sp³-hybridized carbons (Fsp3) is 0.400. The zero-order chi connectivity index (χ0) is 16.1. The van der Waals surface area contributed by atoms with E-state index < -0.39 is 0 Å². The molecule has 2 N–H and O–H groups in total. The Bertz CT molecular complexity index is 774. The lowest BCUT2D eigenvalue weighted by molar-refractivity contribution is 0.160. The Morgan fingerprint density at radius 3 is 2.62 bits per heavy atom. The third-order valence-corrected chi connectivity index (χ3v) is 5.49. The van der Waals surface area contributed by atoms with Gasteiger partial charge in [0, 0.05) is 17.6 Å². The molecule has 0 fully saturated rings. The molecule has 4 rings (SSSR count). The van der Waals surface area contributed by atoms with Gasteiger partial charge in [-0.25, -0.2) is 0 Å². The van der Waals surface area contributed by atoms with Gasteiger partial charge in [0.25, 0.3) is 0 Å². The van der Waals surface area contributed by atoms with E-state index in [1.165, 1.54) is 11.1 Å². The van der Waals surface area contributed by atoms with Crippen molar-refractivity contribution >= 4 is 12.4 Å². The molecule has 0 radical (unpaired) electrons. The van der Waals surface area contributed by atoms with Crippen LogP contribution in [0.15, 0.2) is 30.3 Å². The number of rotatable bonds is 3. The van der Waals surface area contributed by atoms with Gasteiger partial charge in [-0.1, -0.05) is 44.5 Å². The Kier molecular flexibility index (Phi) is 4.50. The Morgan fingerprint density at radius 1 is 1.12 bits per heavy atom. The molecule has 0 spiro atoms. The molecule has 1 aliphatic heterocycles.